The number of hydrogen-bond acceptors (Lipinski definition) is 5. The van der Waals surface area contributed by atoms with Crippen LogP contribution in [0.15, 0.2) is 11.4 Å². The Morgan fingerprint density at radius 3 is 2.60 bits per heavy atom. The zero-order valence-electron chi connectivity index (χ0n) is 11.3. The SMILES string of the molecule is Cc1cc(C(=O)NC(C)c2nc(C(=O)O)cs2)sc1C. The maximum atomic E-state index is 12.1. The number of carbonyl (C=O) groups is 2. The van der Waals surface area contributed by atoms with Crippen LogP contribution in [0.2, 0.25) is 0 Å². The molecule has 0 fully saturated rings. The molecule has 106 valence electrons. The fourth-order valence-corrected chi connectivity index (χ4v) is 3.34. The summed E-state index contributed by atoms with van der Waals surface area (Å²) in [5.41, 5.74) is 1.10. The molecule has 2 aromatic rings. The summed E-state index contributed by atoms with van der Waals surface area (Å²) < 4.78 is 0. The number of amides is 1. The van der Waals surface area contributed by atoms with Crippen LogP contribution in [0.1, 0.15) is 48.6 Å². The lowest BCUT2D eigenvalue weighted by molar-refractivity contribution is 0.0691. The van der Waals surface area contributed by atoms with Gasteiger partial charge in [-0.2, -0.15) is 0 Å². The minimum Gasteiger partial charge on any atom is -0.476 e. The van der Waals surface area contributed by atoms with Crippen LogP contribution < -0.4 is 5.32 Å². The normalized spacial score (nSPS) is 12.2. The largest absolute Gasteiger partial charge is 0.476 e. The number of carboxylic acid groups (broad SMARTS) is 1. The molecule has 1 unspecified atom stereocenters. The van der Waals surface area contributed by atoms with Crippen molar-refractivity contribution >= 4 is 34.6 Å². The highest BCUT2D eigenvalue weighted by molar-refractivity contribution is 7.14. The summed E-state index contributed by atoms with van der Waals surface area (Å²) in [6, 6.07) is 1.54. The fourth-order valence-electron chi connectivity index (χ4n) is 1.60. The molecule has 0 bridgehead atoms. The Morgan fingerprint density at radius 1 is 1.40 bits per heavy atom. The third-order valence-corrected chi connectivity index (χ3v) is 5.03. The van der Waals surface area contributed by atoms with Gasteiger partial charge in [0.1, 0.15) is 5.01 Å². The van der Waals surface area contributed by atoms with Crippen molar-refractivity contribution in [3.05, 3.63) is 37.5 Å². The van der Waals surface area contributed by atoms with Crippen LogP contribution in [0.3, 0.4) is 0 Å². The molecule has 0 aliphatic rings. The minimum atomic E-state index is -1.06. The number of thiophene rings is 1. The first-order valence-electron chi connectivity index (χ1n) is 5.95. The van der Waals surface area contributed by atoms with E-state index >= 15 is 0 Å². The summed E-state index contributed by atoms with van der Waals surface area (Å²) in [5.74, 6) is -1.22. The molecule has 0 aliphatic carbocycles. The average Bonchev–Trinajstić information content (AvgIpc) is 2.97. The number of nitrogens with one attached hydrogen (secondary N) is 1. The van der Waals surface area contributed by atoms with Crippen molar-refractivity contribution in [2.45, 2.75) is 26.8 Å². The van der Waals surface area contributed by atoms with E-state index in [1.165, 1.54) is 28.1 Å². The Kier molecular flexibility index (Phi) is 4.20. The zero-order valence-corrected chi connectivity index (χ0v) is 12.9. The molecule has 5 nitrogen and oxygen atoms in total. The third kappa shape index (κ3) is 3.05. The number of carbonyl (C=O) groups excluding carboxylic acids is 1. The van der Waals surface area contributed by atoms with E-state index in [0.29, 0.717) is 9.88 Å². The highest BCUT2D eigenvalue weighted by atomic mass is 32.1. The summed E-state index contributed by atoms with van der Waals surface area (Å²) in [4.78, 5) is 28.6. The van der Waals surface area contributed by atoms with Gasteiger partial charge in [0.05, 0.1) is 10.9 Å². The molecule has 2 N–H and O–H groups in total. The molecule has 2 aromatic heterocycles. The predicted octanol–water partition coefficient (Wildman–Crippen LogP) is 3.01. The van der Waals surface area contributed by atoms with Gasteiger partial charge in [0, 0.05) is 10.3 Å². The van der Waals surface area contributed by atoms with E-state index in [0.717, 1.165) is 10.4 Å². The highest BCUT2D eigenvalue weighted by Crippen LogP contribution is 2.22. The first kappa shape index (κ1) is 14.7. The highest BCUT2D eigenvalue weighted by Gasteiger charge is 2.18. The summed E-state index contributed by atoms with van der Waals surface area (Å²) in [6.07, 6.45) is 0. The Morgan fingerprint density at radius 2 is 2.10 bits per heavy atom. The third-order valence-electron chi connectivity index (χ3n) is 2.85. The quantitative estimate of drug-likeness (QED) is 0.910. The van der Waals surface area contributed by atoms with E-state index in [4.69, 9.17) is 5.11 Å². The van der Waals surface area contributed by atoms with Crippen LogP contribution >= 0.6 is 22.7 Å². The van der Waals surface area contributed by atoms with Gasteiger partial charge < -0.3 is 10.4 Å². The van der Waals surface area contributed by atoms with Crippen molar-refractivity contribution < 1.29 is 14.7 Å². The summed E-state index contributed by atoms with van der Waals surface area (Å²) in [7, 11) is 0. The molecule has 0 radical (unpaired) electrons. The fraction of sp³-hybridized carbons (Fsp3) is 0.308. The molecule has 0 aliphatic heterocycles. The molecule has 0 saturated carbocycles. The Balaban J connectivity index is 2.08. The standard InChI is InChI=1S/C13H14N2O3S2/c1-6-4-10(20-8(6)3)11(16)14-7(2)12-15-9(5-19-12)13(17)18/h4-5,7H,1-3H3,(H,14,16)(H,17,18). The first-order valence-corrected chi connectivity index (χ1v) is 7.64. The second kappa shape index (κ2) is 5.72. The van der Waals surface area contributed by atoms with E-state index in [-0.39, 0.29) is 17.6 Å². The van der Waals surface area contributed by atoms with Gasteiger partial charge in [0.25, 0.3) is 5.91 Å². The summed E-state index contributed by atoms with van der Waals surface area (Å²) >= 11 is 2.67. The van der Waals surface area contributed by atoms with Crippen LogP contribution in [0, 0.1) is 13.8 Å². The Labute approximate surface area is 124 Å². The maximum Gasteiger partial charge on any atom is 0.355 e. The number of thiazole rings is 1. The van der Waals surface area contributed by atoms with Crippen molar-refractivity contribution in [1.82, 2.24) is 10.3 Å². The molecule has 0 spiro atoms. The van der Waals surface area contributed by atoms with Gasteiger partial charge in [-0.3, -0.25) is 4.79 Å². The maximum absolute atomic E-state index is 12.1. The zero-order chi connectivity index (χ0) is 14.9. The number of rotatable bonds is 4. The number of aryl methyl sites for hydroxylation is 2. The summed E-state index contributed by atoms with van der Waals surface area (Å²) in [5, 5.41) is 13.7. The van der Waals surface area contributed by atoms with Gasteiger partial charge in [0.15, 0.2) is 5.69 Å². The lowest BCUT2D eigenvalue weighted by Gasteiger charge is -2.09. The molecule has 2 heterocycles. The van der Waals surface area contributed by atoms with E-state index in [2.05, 4.69) is 10.3 Å². The van der Waals surface area contributed by atoms with Crippen LogP contribution in [-0.2, 0) is 0 Å². The van der Waals surface area contributed by atoms with Crippen molar-refractivity contribution in [2.75, 3.05) is 0 Å². The van der Waals surface area contributed by atoms with Crippen molar-refractivity contribution in [1.29, 1.82) is 0 Å². The van der Waals surface area contributed by atoms with Crippen LogP contribution in [0.4, 0.5) is 0 Å². The van der Waals surface area contributed by atoms with E-state index < -0.39 is 5.97 Å². The first-order chi connectivity index (χ1) is 9.38. The number of carboxylic acids is 1. The topological polar surface area (TPSA) is 79.3 Å². The second-order valence-corrected chi connectivity index (χ2v) is 6.57. The molecule has 1 amide bonds. The lowest BCUT2D eigenvalue weighted by atomic mass is 10.2. The Bertz CT molecular complexity index is 641. The van der Waals surface area contributed by atoms with E-state index in [1.54, 1.807) is 6.92 Å². The van der Waals surface area contributed by atoms with Crippen LogP contribution in [-0.4, -0.2) is 22.0 Å². The van der Waals surface area contributed by atoms with Gasteiger partial charge >= 0.3 is 5.97 Å². The smallest absolute Gasteiger partial charge is 0.355 e. The second-order valence-electron chi connectivity index (χ2n) is 4.42. The molecule has 0 aromatic carbocycles. The Hall–Kier alpha value is -1.73. The monoisotopic (exact) mass is 310 g/mol. The van der Waals surface area contributed by atoms with Crippen molar-refractivity contribution in [3.63, 3.8) is 0 Å². The van der Waals surface area contributed by atoms with Gasteiger partial charge in [-0.05, 0) is 32.4 Å². The number of hydrogen-bond donors (Lipinski definition) is 2. The molecular weight excluding hydrogens is 296 g/mol. The number of aromatic nitrogens is 1. The molecule has 0 saturated heterocycles. The van der Waals surface area contributed by atoms with Crippen molar-refractivity contribution in [2.24, 2.45) is 0 Å². The van der Waals surface area contributed by atoms with Crippen LogP contribution in [0.25, 0.3) is 0 Å². The molecule has 7 heteroatoms. The van der Waals surface area contributed by atoms with Gasteiger partial charge in [0.2, 0.25) is 0 Å². The molecule has 1 atom stereocenters. The van der Waals surface area contributed by atoms with Gasteiger partial charge in [-0.1, -0.05) is 0 Å². The van der Waals surface area contributed by atoms with Crippen molar-refractivity contribution in [3.8, 4) is 0 Å². The predicted molar refractivity (Wildman–Crippen MR) is 78.7 cm³/mol. The average molecular weight is 310 g/mol. The summed E-state index contributed by atoms with van der Waals surface area (Å²) in [6.45, 7) is 5.72. The number of aromatic carboxylic acids is 1. The van der Waals surface area contributed by atoms with Gasteiger partial charge in [-0.25, -0.2) is 9.78 Å². The van der Waals surface area contributed by atoms with E-state index in [9.17, 15) is 9.59 Å². The van der Waals surface area contributed by atoms with E-state index in [1.807, 2.05) is 19.9 Å². The molecule has 2 rings (SSSR count). The molecular formula is C13H14N2O3S2. The van der Waals surface area contributed by atoms with Gasteiger partial charge in [-0.15, -0.1) is 22.7 Å². The van der Waals surface area contributed by atoms with Crippen LogP contribution in [0.5, 0.6) is 0 Å². The lowest BCUT2D eigenvalue weighted by Crippen LogP contribution is -2.25. The minimum absolute atomic E-state index is 0.00825. The molecule has 20 heavy (non-hydrogen) atoms. The number of nitrogens with zero attached hydrogens (tertiary/aromatic N) is 1.